The van der Waals surface area contributed by atoms with Crippen LogP contribution >= 0.6 is 0 Å². The molecule has 0 aliphatic rings. The minimum absolute atomic E-state index is 0.197. The van der Waals surface area contributed by atoms with Gasteiger partial charge in [-0.05, 0) is 37.0 Å². The Balaban J connectivity index is 2.06. The van der Waals surface area contributed by atoms with Gasteiger partial charge >= 0.3 is 11.7 Å². The highest BCUT2D eigenvalue weighted by Gasteiger charge is 2.06. The number of hydrogen-bond donors (Lipinski definition) is 1. The van der Waals surface area contributed by atoms with E-state index in [1.165, 1.54) is 4.57 Å². The Bertz CT molecular complexity index is 623. The molecule has 5 nitrogen and oxygen atoms in total. The average Bonchev–Trinajstić information content (AvgIpc) is 2.60. The second-order valence-corrected chi connectivity index (χ2v) is 4.33. The number of aliphatic carboxylic acids is 1. The fraction of sp³-hybridized carbons (Fsp3) is 0.385. The third-order valence-corrected chi connectivity index (χ3v) is 2.96. The molecule has 2 rings (SSSR count). The summed E-state index contributed by atoms with van der Waals surface area (Å²) in [6.07, 6.45) is 2.46. The topological polar surface area (TPSA) is 72.4 Å². The molecule has 0 aliphatic carbocycles. The highest BCUT2D eigenvalue weighted by Crippen LogP contribution is 2.16. The standard InChI is InChI=1S/C13H15NO4/c1-14-10-7-6-9(4-2-3-5-12(15)16)8-11(10)18-13(14)17/h6-8H,2-5H2,1H3,(H,15,16). The Hall–Kier alpha value is -2.04. The molecule has 0 bridgehead atoms. The van der Waals surface area contributed by atoms with E-state index in [0.717, 1.165) is 23.9 Å². The predicted molar refractivity (Wildman–Crippen MR) is 66.6 cm³/mol. The lowest BCUT2D eigenvalue weighted by Crippen LogP contribution is -2.08. The average molecular weight is 249 g/mol. The number of aromatic nitrogens is 1. The molecule has 1 N–H and O–H groups in total. The minimum Gasteiger partial charge on any atom is -0.481 e. The third-order valence-electron chi connectivity index (χ3n) is 2.96. The minimum atomic E-state index is -0.764. The number of carboxylic acids is 1. The molecule has 1 aromatic carbocycles. The lowest BCUT2D eigenvalue weighted by atomic mass is 10.1. The van der Waals surface area contributed by atoms with Crippen molar-refractivity contribution in [1.29, 1.82) is 0 Å². The zero-order valence-electron chi connectivity index (χ0n) is 10.2. The first-order chi connectivity index (χ1) is 8.58. The lowest BCUT2D eigenvalue weighted by molar-refractivity contribution is -0.137. The molecule has 5 heteroatoms. The van der Waals surface area contributed by atoms with Crippen molar-refractivity contribution >= 4 is 17.1 Å². The van der Waals surface area contributed by atoms with Crippen molar-refractivity contribution in [2.75, 3.05) is 0 Å². The van der Waals surface area contributed by atoms with E-state index in [9.17, 15) is 9.59 Å². The van der Waals surface area contributed by atoms with Crippen molar-refractivity contribution in [3.63, 3.8) is 0 Å². The Kier molecular flexibility index (Phi) is 3.50. The SMILES string of the molecule is Cn1c(=O)oc2cc(CCCCC(=O)O)ccc21. The van der Waals surface area contributed by atoms with Crippen LogP contribution in [0.15, 0.2) is 27.4 Å². The molecule has 0 unspecified atom stereocenters. The van der Waals surface area contributed by atoms with Crippen molar-refractivity contribution in [3.8, 4) is 0 Å². The van der Waals surface area contributed by atoms with E-state index in [1.54, 1.807) is 7.05 Å². The van der Waals surface area contributed by atoms with E-state index < -0.39 is 5.97 Å². The summed E-state index contributed by atoms with van der Waals surface area (Å²) < 4.78 is 6.56. The smallest absolute Gasteiger partial charge is 0.419 e. The molecule has 0 amide bonds. The number of oxazole rings is 1. The molecule has 1 heterocycles. The van der Waals surface area contributed by atoms with Gasteiger partial charge < -0.3 is 9.52 Å². The first-order valence-electron chi connectivity index (χ1n) is 5.88. The van der Waals surface area contributed by atoms with Crippen LogP contribution in [0, 0.1) is 0 Å². The molecule has 0 saturated heterocycles. The van der Waals surface area contributed by atoms with Crippen LogP contribution in [-0.2, 0) is 18.3 Å². The normalized spacial score (nSPS) is 10.9. The van der Waals surface area contributed by atoms with Gasteiger partial charge in [-0.3, -0.25) is 9.36 Å². The molecular formula is C13H15NO4. The van der Waals surface area contributed by atoms with Gasteiger partial charge in [0.1, 0.15) is 0 Å². The van der Waals surface area contributed by atoms with Gasteiger partial charge in [0.25, 0.3) is 0 Å². The number of unbranched alkanes of at least 4 members (excludes halogenated alkanes) is 1. The first-order valence-corrected chi connectivity index (χ1v) is 5.88. The van der Waals surface area contributed by atoms with Crippen LogP contribution in [0.25, 0.3) is 11.1 Å². The van der Waals surface area contributed by atoms with Crippen molar-refractivity contribution in [2.45, 2.75) is 25.7 Å². The molecular weight excluding hydrogens is 234 g/mol. The highest BCUT2D eigenvalue weighted by atomic mass is 16.4. The van der Waals surface area contributed by atoms with Crippen LogP contribution in [0.5, 0.6) is 0 Å². The lowest BCUT2D eigenvalue weighted by Gasteiger charge is -2.00. The summed E-state index contributed by atoms with van der Waals surface area (Å²) in [4.78, 5) is 21.7. The van der Waals surface area contributed by atoms with E-state index in [4.69, 9.17) is 9.52 Å². The number of carboxylic acid groups (broad SMARTS) is 1. The van der Waals surface area contributed by atoms with Crippen molar-refractivity contribution < 1.29 is 14.3 Å². The van der Waals surface area contributed by atoms with Crippen molar-refractivity contribution in [3.05, 3.63) is 34.3 Å². The molecule has 0 fully saturated rings. The highest BCUT2D eigenvalue weighted by molar-refractivity contribution is 5.73. The fourth-order valence-corrected chi connectivity index (χ4v) is 1.94. The predicted octanol–water partition coefficient (Wildman–Crippen LogP) is 1.93. The third kappa shape index (κ3) is 2.61. The molecule has 0 atom stereocenters. The molecule has 1 aromatic heterocycles. The maximum Gasteiger partial charge on any atom is 0.419 e. The number of rotatable bonds is 5. The maximum absolute atomic E-state index is 11.3. The Morgan fingerprint density at radius 3 is 2.89 bits per heavy atom. The van der Waals surface area contributed by atoms with Gasteiger partial charge in [-0.15, -0.1) is 0 Å². The van der Waals surface area contributed by atoms with E-state index >= 15 is 0 Å². The second-order valence-electron chi connectivity index (χ2n) is 4.33. The quantitative estimate of drug-likeness (QED) is 0.822. The number of nitrogens with zero attached hydrogens (tertiary/aromatic N) is 1. The second kappa shape index (κ2) is 5.08. The number of carbonyl (C=O) groups is 1. The van der Waals surface area contributed by atoms with E-state index in [2.05, 4.69) is 0 Å². The Morgan fingerprint density at radius 1 is 1.39 bits per heavy atom. The largest absolute Gasteiger partial charge is 0.481 e. The van der Waals surface area contributed by atoms with Crippen LogP contribution in [0.4, 0.5) is 0 Å². The van der Waals surface area contributed by atoms with Crippen molar-refractivity contribution in [2.24, 2.45) is 7.05 Å². The van der Waals surface area contributed by atoms with Crippen LogP contribution < -0.4 is 5.76 Å². The van der Waals surface area contributed by atoms with Crippen molar-refractivity contribution in [1.82, 2.24) is 4.57 Å². The molecule has 0 saturated carbocycles. The van der Waals surface area contributed by atoms with Gasteiger partial charge in [0.05, 0.1) is 5.52 Å². The fourth-order valence-electron chi connectivity index (χ4n) is 1.94. The Labute approximate surface area is 104 Å². The zero-order chi connectivity index (χ0) is 13.1. The van der Waals surface area contributed by atoms with Crippen LogP contribution in [-0.4, -0.2) is 15.6 Å². The number of benzene rings is 1. The number of fused-ring (bicyclic) bond motifs is 1. The summed E-state index contributed by atoms with van der Waals surface area (Å²) in [7, 11) is 1.67. The molecule has 18 heavy (non-hydrogen) atoms. The summed E-state index contributed by atoms with van der Waals surface area (Å²) in [6, 6.07) is 5.64. The zero-order valence-corrected chi connectivity index (χ0v) is 10.2. The summed E-state index contributed by atoms with van der Waals surface area (Å²) in [6.45, 7) is 0. The van der Waals surface area contributed by atoms with Crippen LogP contribution in [0.1, 0.15) is 24.8 Å². The molecule has 0 radical (unpaired) electrons. The van der Waals surface area contributed by atoms with Gasteiger partial charge in [0.2, 0.25) is 0 Å². The maximum atomic E-state index is 11.3. The molecule has 0 aliphatic heterocycles. The van der Waals surface area contributed by atoms with E-state index in [-0.39, 0.29) is 12.2 Å². The molecule has 96 valence electrons. The summed E-state index contributed by atoms with van der Waals surface area (Å²) in [5.41, 5.74) is 2.41. The molecule has 2 aromatic rings. The summed E-state index contributed by atoms with van der Waals surface area (Å²) in [5.74, 6) is -1.13. The monoisotopic (exact) mass is 249 g/mol. The van der Waals surface area contributed by atoms with Gasteiger partial charge in [-0.25, -0.2) is 4.79 Å². The molecule has 0 spiro atoms. The van der Waals surface area contributed by atoms with Crippen LogP contribution in [0.3, 0.4) is 0 Å². The first kappa shape index (κ1) is 12.4. The van der Waals surface area contributed by atoms with Gasteiger partial charge in [0, 0.05) is 13.5 Å². The van der Waals surface area contributed by atoms with Gasteiger partial charge in [-0.1, -0.05) is 6.07 Å². The van der Waals surface area contributed by atoms with E-state index in [0.29, 0.717) is 12.0 Å². The van der Waals surface area contributed by atoms with E-state index in [1.807, 2.05) is 18.2 Å². The Morgan fingerprint density at radius 2 is 2.17 bits per heavy atom. The number of hydrogen-bond acceptors (Lipinski definition) is 3. The van der Waals surface area contributed by atoms with Gasteiger partial charge in [0.15, 0.2) is 5.58 Å². The van der Waals surface area contributed by atoms with Gasteiger partial charge in [-0.2, -0.15) is 0 Å². The summed E-state index contributed by atoms with van der Waals surface area (Å²) >= 11 is 0. The summed E-state index contributed by atoms with van der Waals surface area (Å²) in [5, 5.41) is 8.53. The number of aryl methyl sites for hydroxylation is 2. The van der Waals surface area contributed by atoms with Crippen LogP contribution in [0.2, 0.25) is 0 Å².